The summed E-state index contributed by atoms with van der Waals surface area (Å²) in [4.78, 5) is 24.0. The van der Waals surface area contributed by atoms with E-state index in [-0.39, 0.29) is 18.0 Å². The van der Waals surface area contributed by atoms with Crippen molar-refractivity contribution < 1.29 is 27.9 Å². The van der Waals surface area contributed by atoms with Crippen LogP contribution in [-0.2, 0) is 11.3 Å². The molecule has 22 heavy (non-hydrogen) atoms. The minimum absolute atomic E-state index is 0. The van der Waals surface area contributed by atoms with Crippen LogP contribution in [0.5, 0.6) is 0 Å². The van der Waals surface area contributed by atoms with Gasteiger partial charge in [-0.1, -0.05) is 0 Å². The van der Waals surface area contributed by atoms with E-state index in [9.17, 15) is 22.8 Å². The summed E-state index contributed by atoms with van der Waals surface area (Å²) in [5.74, 6) is -5.85. The van der Waals surface area contributed by atoms with Crippen LogP contribution in [0, 0.1) is 11.8 Å². The predicted molar refractivity (Wildman–Crippen MR) is 71.7 cm³/mol. The smallest absolute Gasteiger partial charge is 0.394 e. The maximum Gasteiger partial charge on any atom is 0.394 e. The lowest BCUT2D eigenvalue weighted by atomic mass is 9.96. The standard InChI is InChI=1S/C12H14F3N3O3.ClH/c1-2-18-4-7(3-16-18)10(19)17-5-8(11(20)21)9(6-17)12(13,14)15;/h3-4,8-9H,2,5-6H2,1H3,(H,20,21);1H/t8-,9-;/m1./s1. The summed E-state index contributed by atoms with van der Waals surface area (Å²) in [7, 11) is 0. The van der Waals surface area contributed by atoms with Gasteiger partial charge in [-0.2, -0.15) is 18.3 Å². The molecule has 6 nitrogen and oxygen atoms in total. The van der Waals surface area contributed by atoms with E-state index < -0.39 is 43.0 Å². The van der Waals surface area contributed by atoms with E-state index in [1.807, 2.05) is 0 Å². The van der Waals surface area contributed by atoms with Crippen LogP contribution in [0.3, 0.4) is 0 Å². The molecule has 1 aromatic heterocycles. The van der Waals surface area contributed by atoms with E-state index in [4.69, 9.17) is 5.11 Å². The van der Waals surface area contributed by atoms with Crippen molar-refractivity contribution in [2.45, 2.75) is 19.6 Å². The molecule has 1 aliphatic heterocycles. The summed E-state index contributed by atoms with van der Waals surface area (Å²) in [6.45, 7) is 1.24. The highest BCUT2D eigenvalue weighted by Crippen LogP contribution is 2.38. The van der Waals surface area contributed by atoms with Gasteiger partial charge in [-0.15, -0.1) is 12.4 Å². The Morgan fingerprint density at radius 2 is 2.05 bits per heavy atom. The zero-order chi connectivity index (χ0) is 15.8. The highest BCUT2D eigenvalue weighted by molar-refractivity contribution is 5.94. The SMILES string of the molecule is CCn1cc(C(=O)N2C[C@@H](C(F)(F)F)[C@H](C(=O)O)C2)cn1.Cl. The number of nitrogens with zero attached hydrogens (tertiary/aromatic N) is 3. The molecular formula is C12H15ClF3N3O3. The Labute approximate surface area is 130 Å². The van der Waals surface area contributed by atoms with E-state index in [2.05, 4.69) is 5.10 Å². The van der Waals surface area contributed by atoms with Crippen LogP contribution in [0.1, 0.15) is 17.3 Å². The summed E-state index contributed by atoms with van der Waals surface area (Å²) in [5, 5.41) is 12.8. The Morgan fingerprint density at radius 1 is 1.41 bits per heavy atom. The first-order chi connectivity index (χ1) is 9.74. The van der Waals surface area contributed by atoms with Gasteiger partial charge < -0.3 is 10.0 Å². The third-order valence-corrected chi connectivity index (χ3v) is 3.55. The quantitative estimate of drug-likeness (QED) is 0.907. The second-order valence-electron chi connectivity index (χ2n) is 4.89. The fourth-order valence-corrected chi connectivity index (χ4v) is 2.38. The molecule has 0 saturated carbocycles. The van der Waals surface area contributed by atoms with Crippen LogP contribution < -0.4 is 0 Å². The number of hydrogen-bond donors (Lipinski definition) is 1. The number of likely N-dealkylation sites (tertiary alicyclic amines) is 1. The number of carbonyl (C=O) groups is 2. The van der Waals surface area contributed by atoms with Crippen molar-refractivity contribution in [3.05, 3.63) is 18.0 Å². The number of carboxylic acids is 1. The molecule has 0 spiro atoms. The molecule has 1 aromatic rings. The van der Waals surface area contributed by atoms with Crippen LogP contribution in [-0.4, -0.2) is 50.9 Å². The molecule has 1 aliphatic rings. The molecule has 2 atom stereocenters. The maximum absolute atomic E-state index is 12.9. The van der Waals surface area contributed by atoms with Gasteiger partial charge in [0.1, 0.15) is 0 Å². The third kappa shape index (κ3) is 3.52. The van der Waals surface area contributed by atoms with Gasteiger partial charge in [-0.3, -0.25) is 14.3 Å². The van der Waals surface area contributed by atoms with Gasteiger partial charge in [-0.25, -0.2) is 0 Å². The largest absolute Gasteiger partial charge is 0.481 e. The molecule has 0 radical (unpaired) electrons. The average molecular weight is 342 g/mol. The van der Waals surface area contributed by atoms with Gasteiger partial charge in [0.05, 0.1) is 23.6 Å². The number of aliphatic carboxylic acids is 1. The normalized spacial score (nSPS) is 21.5. The lowest BCUT2D eigenvalue weighted by Gasteiger charge is -2.18. The van der Waals surface area contributed by atoms with Crippen molar-refractivity contribution in [2.24, 2.45) is 11.8 Å². The van der Waals surface area contributed by atoms with Crippen LogP contribution in [0.15, 0.2) is 12.4 Å². The molecule has 0 aromatic carbocycles. The Morgan fingerprint density at radius 3 is 2.45 bits per heavy atom. The summed E-state index contributed by atoms with van der Waals surface area (Å²) in [6, 6.07) is 0. The molecule has 0 unspecified atom stereocenters. The van der Waals surface area contributed by atoms with Crippen molar-refractivity contribution in [2.75, 3.05) is 13.1 Å². The predicted octanol–water partition coefficient (Wildman–Crippen LogP) is 1.66. The van der Waals surface area contributed by atoms with E-state index in [1.165, 1.54) is 17.1 Å². The summed E-state index contributed by atoms with van der Waals surface area (Å²) in [5.41, 5.74) is 0.156. The van der Waals surface area contributed by atoms with Crippen LogP contribution in [0.25, 0.3) is 0 Å². The van der Waals surface area contributed by atoms with Crippen molar-refractivity contribution in [1.82, 2.24) is 14.7 Å². The summed E-state index contributed by atoms with van der Waals surface area (Å²) in [6.07, 6.45) is -1.95. The number of rotatable bonds is 3. The molecule has 0 aliphatic carbocycles. The topological polar surface area (TPSA) is 75.4 Å². The molecule has 2 heterocycles. The lowest BCUT2D eigenvalue weighted by Crippen LogP contribution is -2.34. The second kappa shape index (κ2) is 6.55. The molecule has 124 valence electrons. The highest BCUT2D eigenvalue weighted by atomic mass is 35.5. The number of aromatic nitrogens is 2. The van der Waals surface area contributed by atoms with Gasteiger partial charge in [0.25, 0.3) is 5.91 Å². The Balaban J connectivity index is 0.00000242. The van der Waals surface area contributed by atoms with E-state index >= 15 is 0 Å². The number of alkyl halides is 3. The van der Waals surface area contributed by atoms with Crippen LogP contribution in [0.2, 0.25) is 0 Å². The zero-order valence-corrected chi connectivity index (χ0v) is 12.4. The second-order valence-corrected chi connectivity index (χ2v) is 4.89. The van der Waals surface area contributed by atoms with Gasteiger partial charge in [0.15, 0.2) is 0 Å². The summed E-state index contributed by atoms with van der Waals surface area (Å²) < 4.78 is 40.0. The zero-order valence-electron chi connectivity index (χ0n) is 11.6. The minimum Gasteiger partial charge on any atom is -0.481 e. The first-order valence-electron chi connectivity index (χ1n) is 6.35. The number of carboxylic acid groups (broad SMARTS) is 1. The van der Waals surface area contributed by atoms with Gasteiger partial charge in [0.2, 0.25) is 0 Å². The van der Waals surface area contributed by atoms with Gasteiger partial charge in [-0.05, 0) is 6.92 Å². The Bertz CT molecular complexity index is 561. The van der Waals surface area contributed by atoms with E-state index in [0.717, 1.165) is 4.90 Å². The average Bonchev–Trinajstić information content (AvgIpc) is 3.04. The molecule has 1 fully saturated rings. The molecular weight excluding hydrogens is 327 g/mol. The highest BCUT2D eigenvalue weighted by Gasteiger charge is 2.53. The fraction of sp³-hybridized carbons (Fsp3) is 0.583. The number of halogens is 4. The molecule has 0 bridgehead atoms. The number of hydrogen-bond acceptors (Lipinski definition) is 3. The monoisotopic (exact) mass is 341 g/mol. The van der Waals surface area contributed by atoms with Crippen molar-refractivity contribution in [1.29, 1.82) is 0 Å². The number of amides is 1. The van der Waals surface area contributed by atoms with Crippen molar-refractivity contribution in [3.63, 3.8) is 0 Å². The van der Waals surface area contributed by atoms with Gasteiger partial charge >= 0.3 is 12.1 Å². The van der Waals surface area contributed by atoms with Crippen LogP contribution >= 0.6 is 12.4 Å². The molecule has 2 rings (SSSR count). The lowest BCUT2D eigenvalue weighted by molar-refractivity contribution is -0.187. The Hall–Kier alpha value is -1.77. The van der Waals surface area contributed by atoms with Crippen molar-refractivity contribution in [3.8, 4) is 0 Å². The number of aryl methyl sites for hydroxylation is 1. The Kier molecular flexibility index (Phi) is 5.44. The molecule has 1 saturated heterocycles. The summed E-state index contributed by atoms with van der Waals surface area (Å²) >= 11 is 0. The molecule has 1 amide bonds. The molecule has 1 N–H and O–H groups in total. The first-order valence-corrected chi connectivity index (χ1v) is 6.35. The van der Waals surface area contributed by atoms with Crippen LogP contribution in [0.4, 0.5) is 13.2 Å². The third-order valence-electron chi connectivity index (χ3n) is 3.55. The number of carbonyl (C=O) groups excluding carboxylic acids is 1. The van der Waals surface area contributed by atoms with E-state index in [1.54, 1.807) is 6.92 Å². The molecule has 10 heteroatoms. The minimum atomic E-state index is -4.65. The van der Waals surface area contributed by atoms with E-state index in [0.29, 0.717) is 6.54 Å². The fourth-order valence-electron chi connectivity index (χ4n) is 2.38. The first kappa shape index (κ1) is 18.3. The van der Waals surface area contributed by atoms with Crippen molar-refractivity contribution >= 4 is 24.3 Å². The maximum atomic E-state index is 12.9. The van der Waals surface area contributed by atoms with Gasteiger partial charge in [0, 0.05) is 25.8 Å².